The first-order valence-electron chi connectivity index (χ1n) is 5.59. The Hall–Kier alpha value is -1.87. The average molecular weight is 238 g/mol. The predicted octanol–water partition coefficient (Wildman–Crippen LogP) is 4.01. The summed E-state index contributed by atoms with van der Waals surface area (Å²) in [5, 5.41) is 0. The second-order valence-electron chi connectivity index (χ2n) is 4.29. The number of imidazole rings is 1. The van der Waals surface area contributed by atoms with E-state index in [2.05, 4.69) is 58.8 Å². The van der Waals surface area contributed by atoms with Gasteiger partial charge in [-0.2, -0.15) is 0 Å². The number of thiazole rings is 1. The van der Waals surface area contributed by atoms with Gasteiger partial charge in [-0.1, -0.05) is 29.5 Å². The second kappa shape index (κ2) is 3.08. The summed E-state index contributed by atoms with van der Waals surface area (Å²) in [5.41, 5.74) is 4.81. The first-order valence-corrected chi connectivity index (χ1v) is 6.41. The Labute approximate surface area is 102 Å². The number of aromatic nitrogens is 2. The van der Waals surface area contributed by atoms with E-state index >= 15 is 0 Å². The lowest BCUT2D eigenvalue weighted by molar-refractivity contribution is 1.34. The van der Waals surface area contributed by atoms with E-state index in [0.717, 1.165) is 10.5 Å². The largest absolute Gasteiger partial charge is 0.283 e. The molecule has 0 amide bonds. The van der Waals surface area contributed by atoms with Gasteiger partial charge < -0.3 is 0 Å². The van der Waals surface area contributed by atoms with Crippen LogP contribution in [-0.2, 0) is 0 Å². The van der Waals surface area contributed by atoms with Crippen molar-refractivity contribution in [3.05, 3.63) is 48.0 Å². The van der Waals surface area contributed by atoms with E-state index < -0.39 is 0 Å². The van der Waals surface area contributed by atoms with Crippen LogP contribution in [0.1, 0.15) is 5.56 Å². The summed E-state index contributed by atoms with van der Waals surface area (Å²) < 4.78 is 3.54. The van der Waals surface area contributed by atoms with Gasteiger partial charge in [-0.05, 0) is 36.8 Å². The molecule has 4 rings (SSSR count). The van der Waals surface area contributed by atoms with Crippen molar-refractivity contribution in [3.8, 4) is 0 Å². The van der Waals surface area contributed by atoms with Gasteiger partial charge in [0.1, 0.15) is 0 Å². The zero-order valence-electron chi connectivity index (χ0n) is 9.34. The van der Waals surface area contributed by atoms with E-state index in [1.807, 2.05) is 0 Å². The average Bonchev–Trinajstić information content (AvgIpc) is 2.84. The molecule has 2 aromatic carbocycles. The number of para-hydroxylation sites is 1. The van der Waals surface area contributed by atoms with Crippen LogP contribution in [0.2, 0.25) is 0 Å². The number of aryl methyl sites for hydroxylation is 1. The van der Waals surface area contributed by atoms with Crippen molar-refractivity contribution in [2.75, 3.05) is 0 Å². The number of hydrogen-bond acceptors (Lipinski definition) is 2. The van der Waals surface area contributed by atoms with Crippen LogP contribution in [0, 0.1) is 6.92 Å². The Morgan fingerprint density at radius 1 is 1.06 bits per heavy atom. The van der Waals surface area contributed by atoms with Gasteiger partial charge in [0, 0.05) is 0 Å². The van der Waals surface area contributed by atoms with Gasteiger partial charge in [0.25, 0.3) is 0 Å². The highest BCUT2D eigenvalue weighted by Gasteiger charge is 2.10. The smallest absolute Gasteiger partial charge is 0.195 e. The molecule has 0 fully saturated rings. The van der Waals surface area contributed by atoms with Gasteiger partial charge >= 0.3 is 0 Å². The summed E-state index contributed by atoms with van der Waals surface area (Å²) in [6.45, 7) is 2.12. The molecule has 0 bridgehead atoms. The fourth-order valence-corrected chi connectivity index (χ4v) is 3.33. The number of nitrogens with zero attached hydrogens (tertiary/aromatic N) is 2. The third kappa shape index (κ3) is 1.17. The molecule has 0 aliphatic rings. The number of rotatable bonds is 0. The molecule has 0 unspecified atom stereocenters. The lowest BCUT2D eigenvalue weighted by atomic mass is 10.2. The summed E-state index contributed by atoms with van der Waals surface area (Å²) in [6, 6.07) is 14.9. The van der Waals surface area contributed by atoms with Crippen LogP contribution in [0.5, 0.6) is 0 Å². The predicted molar refractivity (Wildman–Crippen MR) is 72.8 cm³/mol. The summed E-state index contributed by atoms with van der Waals surface area (Å²) in [5.74, 6) is 0. The van der Waals surface area contributed by atoms with Crippen molar-refractivity contribution in [2.24, 2.45) is 0 Å². The second-order valence-corrected chi connectivity index (χ2v) is 5.30. The lowest BCUT2D eigenvalue weighted by Gasteiger charge is -1.95. The maximum Gasteiger partial charge on any atom is 0.195 e. The number of fused-ring (bicyclic) bond motifs is 5. The maximum absolute atomic E-state index is 4.68. The Morgan fingerprint density at radius 2 is 1.94 bits per heavy atom. The quantitative estimate of drug-likeness (QED) is 0.452. The van der Waals surface area contributed by atoms with Gasteiger partial charge in [-0.15, -0.1) is 0 Å². The molecule has 0 spiro atoms. The van der Waals surface area contributed by atoms with Crippen molar-refractivity contribution in [3.63, 3.8) is 0 Å². The SMILES string of the molecule is Cc1ccc2nc3sc4ccccc4n3c2c1. The van der Waals surface area contributed by atoms with Crippen LogP contribution in [-0.4, -0.2) is 9.38 Å². The van der Waals surface area contributed by atoms with Gasteiger partial charge in [0.15, 0.2) is 4.96 Å². The molecule has 0 saturated heterocycles. The normalized spacial score (nSPS) is 11.8. The summed E-state index contributed by atoms with van der Waals surface area (Å²) >= 11 is 1.75. The molecule has 0 atom stereocenters. The van der Waals surface area contributed by atoms with Gasteiger partial charge in [-0.3, -0.25) is 4.40 Å². The van der Waals surface area contributed by atoms with Crippen molar-refractivity contribution >= 4 is 37.5 Å². The molecule has 4 aromatic rings. The molecule has 0 aliphatic heterocycles. The highest BCUT2D eigenvalue weighted by atomic mass is 32.1. The first-order chi connectivity index (χ1) is 8.33. The highest BCUT2D eigenvalue weighted by molar-refractivity contribution is 7.23. The fourth-order valence-electron chi connectivity index (χ4n) is 2.29. The van der Waals surface area contributed by atoms with E-state index in [0.29, 0.717) is 0 Å². The number of benzene rings is 2. The van der Waals surface area contributed by atoms with E-state index in [1.165, 1.54) is 21.3 Å². The molecular weight excluding hydrogens is 228 g/mol. The first kappa shape index (κ1) is 9.19. The van der Waals surface area contributed by atoms with E-state index in [4.69, 9.17) is 0 Å². The van der Waals surface area contributed by atoms with Crippen LogP contribution >= 0.6 is 11.3 Å². The molecule has 0 N–H and O–H groups in total. The van der Waals surface area contributed by atoms with Crippen molar-refractivity contribution in [1.29, 1.82) is 0 Å². The van der Waals surface area contributed by atoms with Crippen molar-refractivity contribution in [1.82, 2.24) is 9.38 Å². The standard InChI is InChI=1S/C14H10N2S/c1-9-6-7-10-12(8-9)16-11-4-2-3-5-13(11)17-14(16)15-10/h2-8H,1H3. The lowest BCUT2D eigenvalue weighted by Crippen LogP contribution is -1.80. The monoisotopic (exact) mass is 238 g/mol. The summed E-state index contributed by atoms with van der Waals surface area (Å²) in [4.78, 5) is 5.75. The van der Waals surface area contributed by atoms with E-state index in [9.17, 15) is 0 Å². The minimum Gasteiger partial charge on any atom is -0.283 e. The number of hydrogen-bond donors (Lipinski definition) is 0. The minimum atomic E-state index is 1.08. The molecular formula is C14H10N2S. The van der Waals surface area contributed by atoms with Crippen LogP contribution in [0.4, 0.5) is 0 Å². The summed E-state index contributed by atoms with van der Waals surface area (Å²) in [6.07, 6.45) is 0. The van der Waals surface area contributed by atoms with E-state index in [-0.39, 0.29) is 0 Å². The molecule has 82 valence electrons. The molecule has 2 aromatic heterocycles. The minimum absolute atomic E-state index is 1.08. The summed E-state index contributed by atoms with van der Waals surface area (Å²) in [7, 11) is 0. The zero-order chi connectivity index (χ0) is 11.4. The van der Waals surface area contributed by atoms with Gasteiger partial charge in [0.05, 0.1) is 21.3 Å². The van der Waals surface area contributed by atoms with Crippen LogP contribution in [0.3, 0.4) is 0 Å². The Morgan fingerprint density at radius 3 is 2.88 bits per heavy atom. The fraction of sp³-hybridized carbons (Fsp3) is 0.0714. The van der Waals surface area contributed by atoms with Gasteiger partial charge in [0.2, 0.25) is 0 Å². The van der Waals surface area contributed by atoms with Crippen molar-refractivity contribution < 1.29 is 0 Å². The van der Waals surface area contributed by atoms with Crippen LogP contribution in [0.25, 0.3) is 26.2 Å². The Bertz CT molecular complexity index is 854. The van der Waals surface area contributed by atoms with Crippen LogP contribution in [0.15, 0.2) is 42.5 Å². The molecule has 3 heteroatoms. The van der Waals surface area contributed by atoms with Gasteiger partial charge in [-0.25, -0.2) is 4.98 Å². The molecule has 0 aliphatic carbocycles. The highest BCUT2D eigenvalue weighted by Crippen LogP contribution is 2.30. The molecule has 0 saturated carbocycles. The topological polar surface area (TPSA) is 17.3 Å². The van der Waals surface area contributed by atoms with Crippen LogP contribution < -0.4 is 0 Å². The molecule has 0 radical (unpaired) electrons. The van der Waals surface area contributed by atoms with E-state index in [1.54, 1.807) is 11.3 Å². The molecule has 17 heavy (non-hydrogen) atoms. The Kier molecular flexibility index (Phi) is 1.66. The van der Waals surface area contributed by atoms with Crippen molar-refractivity contribution in [2.45, 2.75) is 6.92 Å². The molecule has 2 heterocycles. The zero-order valence-corrected chi connectivity index (χ0v) is 10.2. The Balaban J connectivity index is 2.33. The molecule has 2 nitrogen and oxygen atoms in total. The maximum atomic E-state index is 4.68. The third-order valence-electron chi connectivity index (χ3n) is 3.09. The third-order valence-corrected chi connectivity index (χ3v) is 4.11.